The fourth-order valence-electron chi connectivity index (χ4n) is 5.23. The molecule has 1 saturated heterocycles. The van der Waals surface area contributed by atoms with Crippen LogP contribution in [-0.4, -0.2) is 61.0 Å². The third-order valence-electron chi connectivity index (χ3n) is 7.39. The number of pyridine rings is 1. The Morgan fingerprint density at radius 2 is 1.77 bits per heavy atom. The molecule has 5 rings (SSSR count). The van der Waals surface area contributed by atoms with Crippen molar-refractivity contribution in [1.82, 2.24) is 20.1 Å². The maximum atomic E-state index is 14.9. The number of likely N-dealkylation sites (tertiary alicyclic amines) is 1. The van der Waals surface area contributed by atoms with Crippen LogP contribution in [0.1, 0.15) is 40.4 Å². The predicted molar refractivity (Wildman–Crippen MR) is 153 cm³/mol. The van der Waals surface area contributed by atoms with E-state index in [-0.39, 0.29) is 17.6 Å². The number of fused-ring (bicyclic) bond motifs is 1. The van der Waals surface area contributed by atoms with Crippen molar-refractivity contribution in [2.24, 2.45) is 0 Å². The van der Waals surface area contributed by atoms with Gasteiger partial charge in [-0.15, -0.1) is 0 Å². The smallest absolute Gasteiger partial charge is 0.254 e. The van der Waals surface area contributed by atoms with Crippen LogP contribution in [-0.2, 0) is 6.54 Å². The Morgan fingerprint density at radius 3 is 2.54 bits per heavy atom. The number of halogens is 1. The number of para-hydroxylation sites is 2. The highest BCUT2D eigenvalue weighted by Crippen LogP contribution is 2.31. The molecule has 0 atom stereocenters. The number of hydrogen-bond acceptors (Lipinski definition) is 5. The zero-order valence-corrected chi connectivity index (χ0v) is 22.6. The second kappa shape index (κ2) is 12.4. The lowest BCUT2D eigenvalue weighted by Crippen LogP contribution is -2.37. The Kier molecular flexibility index (Phi) is 8.49. The lowest BCUT2D eigenvalue weighted by molar-refractivity contribution is 0.0785. The minimum atomic E-state index is -0.332. The Morgan fingerprint density at radius 1 is 1.03 bits per heavy atom. The zero-order valence-electron chi connectivity index (χ0n) is 22.6. The van der Waals surface area contributed by atoms with E-state index in [1.807, 2.05) is 55.6 Å². The molecule has 3 aromatic carbocycles. The monoisotopic (exact) mass is 526 g/mol. The van der Waals surface area contributed by atoms with Crippen molar-refractivity contribution in [2.75, 3.05) is 40.3 Å². The quantitative estimate of drug-likeness (QED) is 0.297. The average Bonchev–Trinajstić information content (AvgIpc) is 2.97. The summed E-state index contributed by atoms with van der Waals surface area (Å²) in [7, 11) is 3.75. The number of piperidine rings is 1. The number of nitrogens with zero attached hydrogens (tertiary/aromatic N) is 3. The van der Waals surface area contributed by atoms with Crippen LogP contribution in [0.3, 0.4) is 0 Å². The van der Waals surface area contributed by atoms with E-state index in [2.05, 4.69) is 16.3 Å². The van der Waals surface area contributed by atoms with Gasteiger partial charge < -0.3 is 19.9 Å². The van der Waals surface area contributed by atoms with Crippen LogP contribution in [0.2, 0.25) is 0 Å². The molecule has 1 aliphatic heterocycles. The van der Waals surface area contributed by atoms with Gasteiger partial charge in [0.2, 0.25) is 0 Å². The van der Waals surface area contributed by atoms with Crippen LogP contribution in [0.15, 0.2) is 78.9 Å². The highest BCUT2D eigenvalue weighted by atomic mass is 19.1. The molecule has 0 spiro atoms. The van der Waals surface area contributed by atoms with Crippen molar-refractivity contribution in [3.8, 4) is 11.5 Å². The summed E-state index contributed by atoms with van der Waals surface area (Å²) in [4.78, 5) is 22.3. The highest BCUT2D eigenvalue weighted by Gasteiger charge is 2.24. The number of carbonyl (C=O) groups is 1. The number of rotatable bonds is 9. The largest absolute Gasteiger partial charge is 0.457 e. The standard InChI is InChI=1S/C32H35FN4O2/c1-34-16-19-37-17-14-23(15-18-37)30-21-25(28-12-7-13-29(33)31(28)35-30)22-36(2)32(38)24-8-6-11-27(20-24)39-26-9-4-3-5-10-26/h3-13,20-21,23,34H,14-19,22H2,1-2H3. The molecule has 0 unspecified atom stereocenters. The molecule has 1 aromatic heterocycles. The van der Waals surface area contributed by atoms with Gasteiger partial charge in [-0.2, -0.15) is 0 Å². The first-order chi connectivity index (χ1) is 19.0. The molecule has 2 heterocycles. The first kappa shape index (κ1) is 26.8. The Hall–Kier alpha value is -3.81. The van der Waals surface area contributed by atoms with Crippen LogP contribution >= 0.6 is 0 Å². The summed E-state index contributed by atoms with van der Waals surface area (Å²) in [6.07, 6.45) is 1.97. The molecule has 39 heavy (non-hydrogen) atoms. The SMILES string of the molecule is CNCCN1CCC(c2cc(CN(C)C(=O)c3cccc(Oc4ccccc4)c3)c3cccc(F)c3n2)CC1. The molecule has 0 bridgehead atoms. The summed E-state index contributed by atoms with van der Waals surface area (Å²) in [5, 5.41) is 3.95. The van der Waals surface area contributed by atoms with Gasteiger partial charge in [0, 0.05) is 49.2 Å². The van der Waals surface area contributed by atoms with E-state index in [0.29, 0.717) is 29.1 Å². The zero-order chi connectivity index (χ0) is 27.2. The molecular weight excluding hydrogens is 491 g/mol. The van der Waals surface area contributed by atoms with Gasteiger partial charge in [0.1, 0.15) is 22.8 Å². The van der Waals surface area contributed by atoms with Crippen LogP contribution in [0, 0.1) is 5.82 Å². The minimum Gasteiger partial charge on any atom is -0.457 e. The first-order valence-electron chi connectivity index (χ1n) is 13.5. The van der Waals surface area contributed by atoms with Gasteiger partial charge in [-0.05, 0) is 81.0 Å². The maximum Gasteiger partial charge on any atom is 0.254 e. The number of aromatic nitrogens is 1. The Balaban J connectivity index is 1.36. The summed E-state index contributed by atoms with van der Waals surface area (Å²) in [5.41, 5.74) is 2.72. The number of ether oxygens (including phenoxy) is 1. The van der Waals surface area contributed by atoms with E-state index in [1.54, 1.807) is 30.1 Å². The van der Waals surface area contributed by atoms with Crippen LogP contribution in [0.25, 0.3) is 10.9 Å². The number of benzene rings is 3. The molecule has 202 valence electrons. The van der Waals surface area contributed by atoms with Crippen molar-refractivity contribution in [1.29, 1.82) is 0 Å². The normalized spacial score (nSPS) is 14.4. The molecule has 1 amide bonds. The average molecular weight is 527 g/mol. The number of nitrogens with one attached hydrogen (secondary N) is 1. The van der Waals surface area contributed by atoms with E-state index >= 15 is 0 Å². The fourth-order valence-corrected chi connectivity index (χ4v) is 5.23. The van der Waals surface area contributed by atoms with E-state index < -0.39 is 0 Å². The van der Waals surface area contributed by atoms with Crippen molar-refractivity contribution < 1.29 is 13.9 Å². The Bertz CT molecular complexity index is 1420. The second-order valence-corrected chi connectivity index (χ2v) is 10.2. The number of hydrogen-bond donors (Lipinski definition) is 1. The van der Waals surface area contributed by atoms with E-state index in [4.69, 9.17) is 9.72 Å². The molecule has 0 saturated carbocycles. The molecular formula is C32H35FN4O2. The maximum absolute atomic E-state index is 14.9. The summed E-state index contributed by atoms with van der Waals surface area (Å²) < 4.78 is 20.8. The van der Waals surface area contributed by atoms with Crippen LogP contribution < -0.4 is 10.1 Å². The van der Waals surface area contributed by atoms with Crippen LogP contribution in [0.4, 0.5) is 4.39 Å². The molecule has 1 aliphatic rings. The highest BCUT2D eigenvalue weighted by molar-refractivity contribution is 5.94. The van der Waals surface area contributed by atoms with Gasteiger partial charge in [0.15, 0.2) is 0 Å². The molecule has 1 N–H and O–H groups in total. The fraction of sp³-hybridized carbons (Fsp3) is 0.312. The molecule has 6 nitrogen and oxygen atoms in total. The van der Waals surface area contributed by atoms with Gasteiger partial charge >= 0.3 is 0 Å². The molecule has 0 radical (unpaired) electrons. The molecule has 1 fully saturated rings. The van der Waals surface area contributed by atoms with Gasteiger partial charge in [0.25, 0.3) is 5.91 Å². The topological polar surface area (TPSA) is 57.7 Å². The summed E-state index contributed by atoms with van der Waals surface area (Å²) in [5.74, 6) is 1.11. The third kappa shape index (κ3) is 6.44. The van der Waals surface area contributed by atoms with E-state index in [1.165, 1.54) is 6.07 Å². The molecule has 0 aliphatic carbocycles. The number of likely N-dealkylation sites (N-methyl/N-ethyl adjacent to an activating group) is 1. The van der Waals surface area contributed by atoms with Crippen molar-refractivity contribution >= 4 is 16.8 Å². The lowest BCUT2D eigenvalue weighted by Gasteiger charge is -2.32. The minimum absolute atomic E-state index is 0.130. The summed E-state index contributed by atoms with van der Waals surface area (Å²) in [6, 6.07) is 23.8. The van der Waals surface area contributed by atoms with Crippen LogP contribution in [0.5, 0.6) is 11.5 Å². The van der Waals surface area contributed by atoms with Crippen molar-refractivity contribution in [3.63, 3.8) is 0 Å². The number of carbonyl (C=O) groups excluding carboxylic acids is 1. The number of amides is 1. The van der Waals surface area contributed by atoms with Crippen molar-refractivity contribution in [3.05, 3.63) is 102 Å². The summed E-state index contributed by atoms with van der Waals surface area (Å²) >= 11 is 0. The second-order valence-electron chi connectivity index (χ2n) is 10.2. The molecule has 4 aromatic rings. The Labute approximate surface area is 229 Å². The summed E-state index contributed by atoms with van der Waals surface area (Å²) in [6.45, 7) is 4.34. The van der Waals surface area contributed by atoms with Gasteiger partial charge in [-0.3, -0.25) is 4.79 Å². The van der Waals surface area contributed by atoms with Gasteiger partial charge in [-0.1, -0.05) is 36.4 Å². The van der Waals surface area contributed by atoms with Gasteiger partial charge in [0.05, 0.1) is 0 Å². The lowest BCUT2D eigenvalue weighted by atomic mass is 9.91. The first-order valence-corrected chi connectivity index (χ1v) is 13.5. The van der Waals surface area contributed by atoms with Gasteiger partial charge in [-0.25, -0.2) is 9.37 Å². The van der Waals surface area contributed by atoms with E-state index in [0.717, 1.165) is 55.7 Å². The van der Waals surface area contributed by atoms with Crippen molar-refractivity contribution in [2.45, 2.75) is 25.3 Å². The van der Waals surface area contributed by atoms with E-state index in [9.17, 15) is 9.18 Å². The molecule has 7 heteroatoms. The third-order valence-corrected chi connectivity index (χ3v) is 7.39. The predicted octanol–water partition coefficient (Wildman–Crippen LogP) is 5.84.